The molecule has 1 aromatic heterocycles. The van der Waals surface area contributed by atoms with Crippen molar-refractivity contribution in [2.75, 3.05) is 25.9 Å². The normalized spacial score (nSPS) is 20.2. The molecule has 1 aromatic rings. The number of nitrogens with zero attached hydrogens (tertiary/aromatic N) is 4. The van der Waals surface area contributed by atoms with E-state index in [4.69, 9.17) is 0 Å². The van der Waals surface area contributed by atoms with Crippen LogP contribution in [0.3, 0.4) is 0 Å². The van der Waals surface area contributed by atoms with E-state index in [1.807, 2.05) is 22.6 Å². The number of imidazole rings is 1. The summed E-state index contributed by atoms with van der Waals surface area (Å²) in [6.07, 6.45) is 10.7. The minimum Gasteiger partial charge on any atom is -0.342 e. The predicted octanol–water partition coefficient (Wildman–Crippen LogP) is 1.63. The molecule has 2 aliphatic rings. The number of hydrogen-bond donors (Lipinski definition) is 0. The Hall–Kier alpha value is -1.41. The van der Waals surface area contributed by atoms with Crippen LogP contribution in [0, 0.1) is 12.8 Å². The Bertz CT molecular complexity index is 717. The van der Waals surface area contributed by atoms with Gasteiger partial charge in [0.25, 0.3) is 0 Å². The van der Waals surface area contributed by atoms with Crippen molar-refractivity contribution in [1.82, 2.24) is 18.8 Å². The second-order valence-electron chi connectivity index (χ2n) is 7.58. The lowest BCUT2D eigenvalue weighted by atomic mass is 10.0. The van der Waals surface area contributed by atoms with Gasteiger partial charge in [-0.2, -0.15) is 4.31 Å². The van der Waals surface area contributed by atoms with Crippen LogP contribution in [0.1, 0.15) is 44.3 Å². The predicted molar refractivity (Wildman–Crippen MR) is 100 cm³/mol. The van der Waals surface area contributed by atoms with Gasteiger partial charge in [-0.05, 0) is 32.6 Å². The van der Waals surface area contributed by atoms with Crippen molar-refractivity contribution in [3.63, 3.8) is 0 Å². The summed E-state index contributed by atoms with van der Waals surface area (Å²) in [4.78, 5) is 18.7. The zero-order valence-corrected chi connectivity index (χ0v) is 16.6. The van der Waals surface area contributed by atoms with E-state index in [9.17, 15) is 13.2 Å². The molecule has 0 atom stereocenters. The van der Waals surface area contributed by atoms with Crippen molar-refractivity contribution in [1.29, 1.82) is 0 Å². The third-order valence-electron chi connectivity index (χ3n) is 5.80. The molecule has 3 rings (SSSR count). The molecular weight excluding hydrogens is 352 g/mol. The van der Waals surface area contributed by atoms with E-state index < -0.39 is 10.0 Å². The van der Waals surface area contributed by atoms with Crippen LogP contribution in [0.15, 0.2) is 12.4 Å². The van der Waals surface area contributed by atoms with Crippen LogP contribution in [-0.4, -0.2) is 65.0 Å². The van der Waals surface area contributed by atoms with Gasteiger partial charge in [-0.3, -0.25) is 4.79 Å². The Balaban J connectivity index is 1.58. The smallest absolute Gasteiger partial charge is 0.225 e. The fourth-order valence-corrected chi connectivity index (χ4v) is 5.44. The molecule has 0 aromatic carbocycles. The Morgan fingerprint density at radius 2 is 1.88 bits per heavy atom. The number of carbonyl (C=O) groups excluding carboxylic acids is 1. The van der Waals surface area contributed by atoms with Gasteiger partial charge in [0, 0.05) is 50.5 Å². The summed E-state index contributed by atoms with van der Waals surface area (Å²) >= 11 is 0. The molecule has 8 heteroatoms. The minimum atomic E-state index is -3.29. The zero-order valence-electron chi connectivity index (χ0n) is 15.8. The molecule has 1 amide bonds. The molecule has 0 spiro atoms. The maximum atomic E-state index is 12.6. The van der Waals surface area contributed by atoms with Gasteiger partial charge >= 0.3 is 0 Å². The van der Waals surface area contributed by atoms with E-state index in [1.54, 1.807) is 10.5 Å². The number of aryl methyl sites for hydroxylation is 1. The monoisotopic (exact) mass is 382 g/mol. The summed E-state index contributed by atoms with van der Waals surface area (Å²) in [5.41, 5.74) is 0. The second-order valence-corrected chi connectivity index (χ2v) is 9.51. The second kappa shape index (κ2) is 8.08. The highest BCUT2D eigenvalue weighted by Crippen LogP contribution is 2.28. The van der Waals surface area contributed by atoms with Crippen LogP contribution in [0.2, 0.25) is 0 Å². The lowest BCUT2D eigenvalue weighted by molar-refractivity contribution is -0.136. The molecule has 0 N–H and O–H groups in total. The molecule has 0 radical (unpaired) electrons. The van der Waals surface area contributed by atoms with Crippen molar-refractivity contribution < 1.29 is 13.2 Å². The van der Waals surface area contributed by atoms with Gasteiger partial charge < -0.3 is 9.47 Å². The van der Waals surface area contributed by atoms with Crippen LogP contribution < -0.4 is 0 Å². The highest BCUT2D eigenvalue weighted by Gasteiger charge is 2.34. The van der Waals surface area contributed by atoms with Gasteiger partial charge in [0.2, 0.25) is 15.9 Å². The van der Waals surface area contributed by atoms with E-state index in [-0.39, 0.29) is 17.9 Å². The maximum Gasteiger partial charge on any atom is 0.225 e. The van der Waals surface area contributed by atoms with E-state index >= 15 is 0 Å². The molecule has 146 valence electrons. The van der Waals surface area contributed by atoms with Crippen LogP contribution in [0.4, 0.5) is 0 Å². The van der Waals surface area contributed by atoms with E-state index in [0.29, 0.717) is 39.0 Å². The van der Waals surface area contributed by atoms with Crippen molar-refractivity contribution in [3.8, 4) is 0 Å². The maximum absolute atomic E-state index is 12.6. The van der Waals surface area contributed by atoms with Crippen LogP contribution in [-0.2, 0) is 21.4 Å². The number of carbonyl (C=O) groups is 1. The van der Waals surface area contributed by atoms with Gasteiger partial charge in [0.1, 0.15) is 5.82 Å². The quantitative estimate of drug-likeness (QED) is 0.749. The largest absolute Gasteiger partial charge is 0.342 e. The molecule has 7 nitrogen and oxygen atoms in total. The van der Waals surface area contributed by atoms with Gasteiger partial charge in [0.05, 0.1) is 6.26 Å². The Kier molecular flexibility index (Phi) is 6.02. The molecular formula is C18H30N4O3S. The number of rotatable bonds is 6. The number of aromatic nitrogens is 2. The van der Waals surface area contributed by atoms with E-state index in [0.717, 1.165) is 31.5 Å². The first-order valence-corrected chi connectivity index (χ1v) is 11.4. The minimum absolute atomic E-state index is 0.0264. The van der Waals surface area contributed by atoms with Crippen molar-refractivity contribution in [2.45, 2.75) is 58.0 Å². The summed E-state index contributed by atoms with van der Waals surface area (Å²) in [5, 5.41) is 0. The first-order valence-electron chi connectivity index (χ1n) is 9.59. The topological polar surface area (TPSA) is 75.5 Å². The molecule has 1 saturated carbocycles. The van der Waals surface area contributed by atoms with E-state index in [2.05, 4.69) is 4.98 Å². The fraction of sp³-hybridized carbons (Fsp3) is 0.778. The summed E-state index contributed by atoms with van der Waals surface area (Å²) in [6.45, 7) is 4.28. The molecule has 1 aliphatic carbocycles. The van der Waals surface area contributed by atoms with Gasteiger partial charge in [-0.25, -0.2) is 13.4 Å². The van der Waals surface area contributed by atoms with Crippen molar-refractivity contribution >= 4 is 15.9 Å². The highest BCUT2D eigenvalue weighted by molar-refractivity contribution is 7.88. The standard InChI is InChI=1S/C18H30N4O3S/c1-15-19-9-12-20(15)13-14-22(26(2,24)25)17-7-10-21(11-8-17)18(23)16-5-3-4-6-16/h9,12,16-17H,3-8,10-11,13-14H2,1-2H3. The first-order chi connectivity index (χ1) is 12.4. The van der Waals surface area contributed by atoms with Crippen LogP contribution in [0.5, 0.6) is 0 Å². The third-order valence-corrected chi connectivity index (χ3v) is 7.13. The Morgan fingerprint density at radius 1 is 1.23 bits per heavy atom. The van der Waals surface area contributed by atoms with Crippen molar-refractivity contribution in [3.05, 3.63) is 18.2 Å². The number of likely N-dealkylation sites (tertiary alicyclic amines) is 1. The Labute approximate surface area is 156 Å². The lowest BCUT2D eigenvalue weighted by Crippen LogP contribution is -2.50. The molecule has 0 unspecified atom stereocenters. The number of hydrogen-bond acceptors (Lipinski definition) is 4. The molecule has 2 fully saturated rings. The lowest BCUT2D eigenvalue weighted by Gasteiger charge is -2.38. The molecule has 1 aliphatic heterocycles. The molecule has 2 heterocycles. The van der Waals surface area contributed by atoms with Gasteiger partial charge in [0.15, 0.2) is 0 Å². The molecule has 1 saturated heterocycles. The molecule has 26 heavy (non-hydrogen) atoms. The van der Waals surface area contributed by atoms with Gasteiger partial charge in [-0.1, -0.05) is 12.8 Å². The number of sulfonamides is 1. The fourth-order valence-electron chi connectivity index (χ4n) is 4.27. The number of amides is 1. The average Bonchev–Trinajstić information content (AvgIpc) is 3.26. The zero-order chi connectivity index (χ0) is 18.7. The highest BCUT2D eigenvalue weighted by atomic mass is 32.2. The first kappa shape index (κ1) is 19.4. The summed E-state index contributed by atoms with van der Waals surface area (Å²) in [6, 6.07) is -0.0264. The van der Waals surface area contributed by atoms with E-state index in [1.165, 1.54) is 6.26 Å². The Morgan fingerprint density at radius 3 is 2.42 bits per heavy atom. The number of piperidine rings is 1. The summed E-state index contributed by atoms with van der Waals surface area (Å²) < 4.78 is 28.2. The third kappa shape index (κ3) is 4.46. The van der Waals surface area contributed by atoms with Crippen LogP contribution >= 0.6 is 0 Å². The average molecular weight is 383 g/mol. The summed E-state index contributed by atoms with van der Waals surface area (Å²) in [7, 11) is -3.29. The summed E-state index contributed by atoms with van der Waals surface area (Å²) in [5.74, 6) is 1.36. The van der Waals surface area contributed by atoms with Gasteiger partial charge in [-0.15, -0.1) is 0 Å². The van der Waals surface area contributed by atoms with Crippen LogP contribution in [0.25, 0.3) is 0 Å². The van der Waals surface area contributed by atoms with Crippen molar-refractivity contribution in [2.24, 2.45) is 5.92 Å². The molecule has 0 bridgehead atoms. The SMILES string of the molecule is Cc1nccn1CCN(C1CCN(C(=O)C2CCCC2)CC1)S(C)(=O)=O.